The van der Waals surface area contributed by atoms with Crippen LogP contribution in [-0.2, 0) is 13.1 Å². The van der Waals surface area contributed by atoms with Crippen LogP contribution in [0.2, 0.25) is 10.0 Å². The Morgan fingerprint density at radius 3 is 1.60 bits per heavy atom. The summed E-state index contributed by atoms with van der Waals surface area (Å²) >= 11 is 12.8. The average Bonchev–Trinajstić information content (AvgIpc) is 3.32. The predicted molar refractivity (Wildman–Crippen MR) is 262 cm³/mol. The van der Waals surface area contributed by atoms with Crippen molar-refractivity contribution in [1.82, 2.24) is 20.0 Å². The summed E-state index contributed by atoms with van der Waals surface area (Å²) in [7, 11) is 0. The number of halogens is 2. The molecule has 0 spiro atoms. The van der Waals surface area contributed by atoms with Crippen LogP contribution in [0.4, 0.5) is 10.5 Å². The van der Waals surface area contributed by atoms with E-state index >= 15 is 0 Å². The topological polar surface area (TPSA) is 50.9 Å². The summed E-state index contributed by atoms with van der Waals surface area (Å²) in [5, 5.41) is 8.27. The zero-order valence-corrected chi connectivity index (χ0v) is 37.6. The molecule has 8 heteroatoms. The highest BCUT2D eigenvalue weighted by molar-refractivity contribution is 6.33. The number of anilines is 1. The molecule has 0 aliphatic carbocycles. The first-order valence-electron chi connectivity index (χ1n) is 21.9. The molecule has 2 atom stereocenters. The van der Waals surface area contributed by atoms with E-state index in [2.05, 4.69) is 137 Å². The monoisotopic (exact) mass is 871 g/mol. The molecule has 63 heavy (non-hydrogen) atoms. The average molecular weight is 873 g/mol. The Balaban J connectivity index is 0.000000180. The third-order valence-corrected chi connectivity index (χ3v) is 12.6. The van der Waals surface area contributed by atoms with Crippen molar-refractivity contribution in [3.63, 3.8) is 0 Å². The number of hydrogen-bond donors (Lipinski definition) is 2. The number of carbonyl (C=O) groups is 1. The van der Waals surface area contributed by atoms with Crippen molar-refractivity contribution in [2.24, 2.45) is 0 Å². The van der Waals surface area contributed by atoms with Gasteiger partial charge in [-0.1, -0.05) is 174 Å². The summed E-state index contributed by atoms with van der Waals surface area (Å²) in [4.78, 5) is 20.1. The van der Waals surface area contributed by atoms with Crippen LogP contribution < -0.4 is 10.6 Å². The van der Waals surface area contributed by atoms with Crippen LogP contribution in [0.25, 0.3) is 22.3 Å². The van der Waals surface area contributed by atoms with Gasteiger partial charge in [0.25, 0.3) is 0 Å². The van der Waals surface area contributed by atoms with E-state index in [1.807, 2.05) is 77.7 Å². The number of para-hydroxylation sites is 1. The standard InChI is InChI=1S/C31H30ClN3O.C24H25ClN2/c1-23-12-17-29(32)28(20-23)25-15-13-24(14-16-25)21-34-18-19-35(30(22-34)26-8-4-2-5-9-26)31(36)33-27-10-6-3-7-11-27;1-18-7-12-23(25)22(15-18)20-10-8-19(9-11-20)16-27-14-13-26-24(17-27)21-5-3-2-4-6-21/h2-17,20,30H,18-19,21-22H2,1H3,(H,33,36);2-12,15,24,26H,13-14,16-17H2,1H3. The number of nitrogens with one attached hydrogen (secondary N) is 2. The molecule has 0 aromatic heterocycles. The summed E-state index contributed by atoms with van der Waals surface area (Å²) in [6, 6.07) is 60.8. The molecule has 7 aromatic rings. The summed E-state index contributed by atoms with van der Waals surface area (Å²) in [6.07, 6.45) is 0. The minimum absolute atomic E-state index is 0.0194. The van der Waals surface area contributed by atoms with Gasteiger partial charge in [0.05, 0.1) is 6.04 Å². The van der Waals surface area contributed by atoms with Crippen LogP contribution in [0, 0.1) is 13.8 Å². The highest BCUT2D eigenvalue weighted by atomic mass is 35.5. The number of benzene rings is 7. The van der Waals surface area contributed by atoms with Crippen LogP contribution in [0.3, 0.4) is 0 Å². The van der Waals surface area contributed by atoms with Crippen LogP contribution in [0.1, 0.15) is 45.5 Å². The Morgan fingerprint density at radius 1 is 0.571 bits per heavy atom. The van der Waals surface area contributed by atoms with Gasteiger partial charge in [0.2, 0.25) is 0 Å². The SMILES string of the molecule is Cc1ccc(Cl)c(-c2ccc(CN3CCN(C(=O)Nc4ccccc4)C(c4ccccc4)C3)cc2)c1.Cc1ccc(Cl)c(-c2ccc(CN3CCNC(c4ccccc4)C3)cc2)c1. The molecule has 2 fully saturated rings. The van der Waals surface area contributed by atoms with Crippen LogP contribution in [-0.4, -0.2) is 60.0 Å². The van der Waals surface area contributed by atoms with E-state index in [1.165, 1.54) is 33.4 Å². The minimum atomic E-state index is -0.0610. The summed E-state index contributed by atoms with van der Waals surface area (Å²) < 4.78 is 0. The zero-order chi connectivity index (χ0) is 43.5. The normalized spacial score (nSPS) is 16.8. The number of amides is 2. The molecule has 320 valence electrons. The van der Waals surface area contributed by atoms with E-state index in [4.69, 9.17) is 23.2 Å². The van der Waals surface area contributed by atoms with Crippen LogP contribution in [0.5, 0.6) is 0 Å². The summed E-state index contributed by atoms with van der Waals surface area (Å²) in [6.45, 7) is 11.4. The van der Waals surface area contributed by atoms with E-state index in [0.29, 0.717) is 12.6 Å². The van der Waals surface area contributed by atoms with Gasteiger partial charge in [0.15, 0.2) is 0 Å². The van der Waals surface area contributed by atoms with Gasteiger partial charge in [-0.15, -0.1) is 0 Å². The molecule has 2 aliphatic rings. The maximum atomic E-state index is 13.2. The summed E-state index contributed by atoms with van der Waals surface area (Å²) in [5.41, 5.74) is 12.8. The smallest absolute Gasteiger partial charge is 0.315 e. The van der Waals surface area contributed by atoms with Crippen molar-refractivity contribution >= 4 is 34.9 Å². The quantitative estimate of drug-likeness (QED) is 0.152. The lowest BCUT2D eigenvalue weighted by Crippen LogP contribution is -2.51. The Hall–Kier alpha value is -5.73. The molecule has 2 amide bonds. The fraction of sp³-hybridized carbons (Fsp3) is 0.218. The Labute approximate surface area is 383 Å². The second kappa shape index (κ2) is 21.1. The number of piperazine rings is 2. The fourth-order valence-electron chi connectivity index (χ4n) is 8.58. The molecule has 0 saturated carbocycles. The summed E-state index contributed by atoms with van der Waals surface area (Å²) in [5.74, 6) is 0. The Kier molecular flexibility index (Phi) is 14.7. The second-order valence-electron chi connectivity index (χ2n) is 16.7. The first-order valence-corrected chi connectivity index (χ1v) is 22.6. The molecule has 6 nitrogen and oxygen atoms in total. The zero-order valence-electron chi connectivity index (χ0n) is 36.1. The van der Waals surface area contributed by atoms with Crippen molar-refractivity contribution in [2.45, 2.75) is 39.0 Å². The third kappa shape index (κ3) is 11.7. The van der Waals surface area contributed by atoms with Gasteiger partial charge in [0.1, 0.15) is 0 Å². The van der Waals surface area contributed by atoms with E-state index in [-0.39, 0.29) is 12.1 Å². The van der Waals surface area contributed by atoms with Crippen LogP contribution in [0.15, 0.2) is 176 Å². The van der Waals surface area contributed by atoms with E-state index < -0.39 is 0 Å². The van der Waals surface area contributed by atoms with Crippen molar-refractivity contribution < 1.29 is 4.79 Å². The van der Waals surface area contributed by atoms with Crippen molar-refractivity contribution in [2.75, 3.05) is 44.6 Å². The molecule has 2 aliphatic heterocycles. The van der Waals surface area contributed by atoms with E-state index in [1.54, 1.807) is 0 Å². The second-order valence-corrected chi connectivity index (χ2v) is 17.5. The Morgan fingerprint density at radius 2 is 1.06 bits per heavy atom. The molecule has 0 bridgehead atoms. The molecule has 0 radical (unpaired) electrons. The number of carbonyl (C=O) groups excluding carboxylic acids is 1. The number of nitrogens with zero attached hydrogens (tertiary/aromatic N) is 3. The predicted octanol–water partition coefficient (Wildman–Crippen LogP) is 12.9. The molecule has 2 saturated heterocycles. The van der Waals surface area contributed by atoms with Crippen molar-refractivity contribution in [3.8, 4) is 22.3 Å². The lowest BCUT2D eigenvalue weighted by molar-refractivity contribution is 0.0959. The first-order chi connectivity index (χ1) is 30.8. The number of hydrogen-bond acceptors (Lipinski definition) is 4. The highest BCUT2D eigenvalue weighted by Gasteiger charge is 2.32. The van der Waals surface area contributed by atoms with E-state index in [0.717, 1.165) is 83.8 Å². The molecular weight excluding hydrogens is 818 g/mol. The minimum Gasteiger partial charge on any atom is -0.315 e. The first kappa shape index (κ1) is 43.9. The molecule has 9 rings (SSSR count). The van der Waals surface area contributed by atoms with Gasteiger partial charge in [0, 0.05) is 85.3 Å². The number of rotatable bonds is 9. The van der Waals surface area contributed by atoms with Gasteiger partial charge in [-0.2, -0.15) is 0 Å². The number of aryl methyl sites for hydroxylation is 2. The van der Waals surface area contributed by atoms with Gasteiger partial charge in [-0.25, -0.2) is 4.79 Å². The molecule has 2 heterocycles. The molecule has 2 N–H and O–H groups in total. The van der Waals surface area contributed by atoms with E-state index in [9.17, 15) is 4.79 Å². The molecule has 2 unspecified atom stereocenters. The largest absolute Gasteiger partial charge is 0.322 e. The molecule has 7 aromatic carbocycles. The number of urea groups is 1. The van der Waals surface area contributed by atoms with Gasteiger partial charge in [-0.05, 0) is 83.6 Å². The van der Waals surface area contributed by atoms with Gasteiger partial charge in [-0.3, -0.25) is 9.80 Å². The van der Waals surface area contributed by atoms with Crippen molar-refractivity contribution in [1.29, 1.82) is 0 Å². The maximum absolute atomic E-state index is 13.2. The lowest BCUT2D eigenvalue weighted by Gasteiger charge is -2.41. The Bertz CT molecular complexity index is 2550. The maximum Gasteiger partial charge on any atom is 0.322 e. The van der Waals surface area contributed by atoms with Crippen molar-refractivity contribution in [3.05, 3.63) is 219 Å². The van der Waals surface area contributed by atoms with Gasteiger partial charge >= 0.3 is 6.03 Å². The van der Waals surface area contributed by atoms with Crippen LogP contribution >= 0.6 is 23.2 Å². The lowest BCUT2D eigenvalue weighted by atomic mass is 10.0. The highest BCUT2D eigenvalue weighted by Crippen LogP contribution is 2.32. The molecular formula is C55H55Cl2N5O. The third-order valence-electron chi connectivity index (χ3n) is 12.0. The fourth-order valence-corrected chi connectivity index (χ4v) is 9.04. The van der Waals surface area contributed by atoms with Gasteiger partial charge < -0.3 is 15.5 Å².